The molecular formula is C12H15N3O. The number of nitrogens with two attached hydrogens (primary N) is 1. The average Bonchev–Trinajstić information content (AvgIpc) is 2.78. The van der Waals surface area contributed by atoms with Crippen molar-refractivity contribution >= 4 is 0 Å². The summed E-state index contributed by atoms with van der Waals surface area (Å²) in [5.74, 6) is 1.37. The normalized spacial score (nSPS) is 13.0. The van der Waals surface area contributed by atoms with Gasteiger partial charge in [0.15, 0.2) is 0 Å². The van der Waals surface area contributed by atoms with Crippen LogP contribution in [0.15, 0.2) is 34.9 Å². The first-order chi connectivity index (χ1) is 7.68. The van der Waals surface area contributed by atoms with E-state index in [0.29, 0.717) is 11.7 Å². The molecule has 0 bridgehead atoms. The summed E-state index contributed by atoms with van der Waals surface area (Å²) in [7, 11) is 0. The Morgan fingerprint density at radius 1 is 1.19 bits per heavy atom. The predicted molar refractivity (Wildman–Crippen MR) is 61.5 cm³/mol. The molecule has 0 saturated heterocycles. The Morgan fingerprint density at radius 2 is 1.88 bits per heavy atom. The fourth-order valence-corrected chi connectivity index (χ4v) is 1.36. The third kappa shape index (κ3) is 2.12. The molecule has 0 aliphatic heterocycles. The average molecular weight is 217 g/mol. The van der Waals surface area contributed by atoms with Gasteiger partial charge in [0, 0.05) is 5.56 Å². The molecule has 2 rings (SSSR count). The minimum Gasteiger partial charge on any atom is -0.337 e. The highest BCUT2D eigenvalue weighted by Gasteiger charge is 2.18. The highest BCUT2D eigenvalue weighted by atomic mass is 16.5. The number of hydrogen-bond acceptors (Lipinski definition) is 4. The van der Waals surface area contributed by atoms with Crippen LogP contribution >= 0.6 is 0 Å². The Morgan fingerprint density at radius 3 is 2.50 bits per heavy atom. The van der Waals surface area contributed by atoms with Gasteiger partial charge in [0.1, 0.15) is 0 Å². The molecule has 0 aliphatic rings. The van der Waals surface area contributed by atoms with E-state index in [1.165, 1.54) is 0 Å². The van der Waals surface area contributed by atoms with E-state index in [0.717, 1.165) is 5.56 Å². The van der Waals surface area contributed by atoms with Gasteiger partial charge >= 0.3 is 0 Å². The van der Waals surface area contributed by atoms with Gasteiger partial charge in [-0.25, -0.2) is 0 Å². The quantitative estimate of drug-likeness (QED) is 0.857. The fraction of sp³-hybridized carbons (Fsp3) is 0.333. The van der Waals surface area contributed by atoms with Crippen molar-refractivity contribution < 1.29 is 4.52 Å². The lowest BCUT2D eigenvalue weighted by molar-refractivity contribution is 0.325. The summed E-state index contributed by atoms with van der Waals surface area (Å²) >= 11 is 0. The van der Waals surface area contributed by atoms with E-state index in [1.807, 2.05) is 44.2 Å². The van der Waals surface area contributed by atoms with Gasteiger partial charge in [0.2, 0.25) is 11.7 Å². The van der Waals surface area contributed by atoms with Gasteiger partial charge in [0.25, 0.3) is 0 Å². The van der Waals surface area contributed by atoms with Gasteiger partial charge in [-0.05, 0) is 5.92 Å². The summed E-state index contributed by atoms with van der Waals surface area (Å²) in [6.07, 6.45) is 0. The molecule has 1 atom stereocenters. The maximum atomic E-state index is 5.93. The SMILES string of the molecule is CC(C)C(N)c1nc(-c2ccccc2)no1. The van der Waals surface area contributed by atoms with Crippen LogP contribution in [0.5, 0.6) is 0 Å². The van der Waals surface area contributed by atoms with Gasteiger partial charge in [0.05, 0.1) is 6.04 Å². The van der Waals surface area contributed by atoms with Crippen molar-refractivity contribution in [1.82, 2.24) is 10.1 Å². The molecule has 4 heteroatoms. The first-order valence-electron chi connectivity index (χ1n) is 5.33. The monoisotopic (exact) mass is 217 g/mol. The molecule has 0 aliphatic carbocycles. The molecule has 2 N–H and O–H groups in total. The summed E-state index contributed by atoms with van der Waals surface area (Å²) < 4.78 is 5.16. The van der Waals surface area contributed by atoms with Crippen LogP contribution in [0.2, 0.25) is 0 Å². The zero-order chi connectivity index (χ0) is 11.5. The van der Waals surface area contributed by atoms with Crippen LogP contribution in [-0.2, 0) is 0 Å². The van der Waals surface area contributed by atoms with Crippen molar-refractivity contribution in [1.29, 1.82) is 0 Å². The molecule has 1 aromatic carbocycles. The second kappa shape index (κ2) is 4.45. The molecule has 2 aromatic rings. The summed E-state index contributed by atoms with van der Waals surface area (Å²) in [5, 5.41) is 3.92. The summed E-state index contributed by atoms with van der Waals surface area (Å²) in [6, 6.07) is 9.50. The van der Waals surface area contributed by atoms with Crippen LogP contribution in [0.1, 0.15) is 25.8 Å². The van der Waals surface area contributed by atoms with Crippen molar-refractivity contribution in [2.24, 2.45) is 11.7 Å². The topological polar surface area (TPSA) is 64.9 Å². The van der Waals surface area contributed by atoms with E-state index in [4.69, 9.17) is 10.3 Å². The lowest BCUT2D eigenvalue weighted by Crippen LogP contribution is -2.16. The van der Waals surface area contributed by atoms with Crippen LogP contribution in [0.4, 0.5) is 0 Å². The largest absolute Gasteiger partial charge is 0.337 e. The molecule has 4 nitrogen and oxygen atoms in total. The second-order valence-corrected chi connectivity index (χ2v) is 4.09. The van der Waals surface area contributed by atoms with Crippen molar-refractivity contribution in [3.8, 4) is 11.4 Å². The summed E-state index contributed by atoms with van der Waals surface area (Å²) in [4.78, 5) is 4.30. The molecule has 0 saturated carbocycles. The molecule has 0 amide bonds. The van der Waals surface area contributed by atoms with Crippen molar-refractivity contribution in [3.63, 3.8) is 0 Å². The Bertz CT molecular complexity index is 450. The fourth-order valence-electron chi connectivity index (χ4n) is 1.36. The van der Waals surface area contributed by atoms with E-state index in [-0.39, 0.29) is 12.0 Å². The number of rotatable bonds is 3. The third-order valence-corrected chi connectivity index (χ3v) is 2.48. The Balaban J connectivity index is 2.27. The Hall–Kier alpha value is -1.68. The Kier molecular flexibility index (Phi) is 3.01. The number of nitrogens with zero attached hydrogens (tertiary/aromatic N) is 2. The highest BCUT2D eigenvalue weighted by molar-refractivity contribution is 5.53. The number of hydrogen-bond donors (Lipinski definition) is 1. The van der Waals surface area contributed by atoms with Gasteiger partial charge < -0.3 is 10.3 Å². The molecule has 84 valence electrons. The smallest absolute Gasteiger partial charge is 0.244 e. The van der Waals surface area contributed by atoms with Crippen molar-refractivity contribution in [3.05, 3.63) is 36.2 Å². The van der Waals surface area contributed by atoms with Gasteiger partial charge in [-0.2, -0.15) is 4.98 Å². The molecule has 16 heavy (non-hydrogen) atoms. The van der Waals surface area contributed by atoms with Gasteiger partial charge in [-0.15, -0.1) is 0 Å². The molecule has 1 aromatic heterocycles. The number of benzene rings is 1. The summed E-state index contributed by atoms with van der Waals surface area (Å²) in [5.41, 5.74) is 6.87. The minimum absolute atomic E-state index is 0.204. The molecule has 1 unspecified atom stereocenters. The van der Waals surface area contributed by atoms with Crippen LogP contribution in [-0.4, -0.2) is 10.1 Å². The van der Waals surface area contributed by atoms with Crippen molar-refractivity contribution in [2.45, 2.75) is 19.9 Å². The van der Waals surface area contributed by atoms with Crippen LogP contribution in [0, 0.1) is 5.92 Å². The molecule has 0 fully saturated rings. The maximum Gasteiger partial charge on any atom is 0.244 e. The summed E-state index contributed by atoms with van der Waals surface area (Å²) in [6.45, 7) is 4.05. The van der Waals surface area contributed by atoms with E-state index in [9.17, 15) is 0 Å². The first kappa shape index (κ1) is 10.8. The molecular weight excluding hydrogens is 202 g/mol. The minimum atomic E-state index is -0.204. The first-order valence-corrected chi connectivity index (χ1v) is 5.33. The maximum absolute atomic E-state index is 5.93. The molecule has 0 spiro atoms. The van der Waals surface area contributed by atoms with E-state index >= 15 is 0 Å². The van der Waals surface area contributed by atoms with Gasteiger partial charge in [-0.3, -0.25) is 0 Å². The molecule has 1 heterocycles. The number of aromatic nitrogens is 2. The van der Waals surface area contributed by atoms with E-state index < -0.39 is 0 Å². The van der Waals surface area contributed by atoms with Gasteiger partial charge in [-0.1, -0.05) is 49.3 Å². The van der Waals surface area contributed by atoms with Crippen LogP contribution < -0.4 is 5.73 Å². The molecule has 0 radical (unpaired) electrons. The lowest BCUT2D eigenvalue weighted by atomic mass is 10.1. The Labute approximate surface area is 94.5 Å². The third-order valence-electron chi connectivity index (χ3n) is 2.48. The van der Waals surface area contributed by atoms with E-state index in [2.05, 4.69) is 10.1 Å². The van der Waals surface area contributed by atoms with Crippen LogP contribution in [0.25, 0.3) is 11.4 Å². The second-order valence-electron chi connectivity index (χ2n) is 4.09. The standard InChI is InChI=1S/C12H15N3O/c1-8(2)10(13)12-14-11(15-16-12)9-6-4-3-5-7-9/h3-8,10H,13H2,1-2H3. The predicted octanol–water partition coefficient (Wildman–Crippen LogP) is 2.39. The zero-order valence-corrected chi connectivity index (χ0v) is 9.42. The lowest BCUT2D eigenvalue weighted by Gasteiger charge is -2.09. The zero-order valence-electron chi connectivity index (χ0n) is 9.42. The van der Waals surface area contributed by atoms with Crippen LogP contribution in [0.3, 0.4) is 0 Å². The van der Waals surface area contributed by atoms with Crippen molar-refractivity contribution in [2.75, 3.05) is 0 Å². The highest BCUT2D eigenvalue weighted by Crippen LogP contribution is 2.20. The van der Waals surface area contributed by atoms with E-state index in [1.54, 1.807) is 0 Å².